The van der Waals surface area contributed by atoms with Crippen LogP contribution in [0.3, 0.4) is 0 Å². The minimum atomic E-state index is 0.399. The van der Waals surface area contributed by atoms with E-state index in [4.69, 9.17) is 15.0 Å². The van der Waals surface area contributed by atoms with Gasteiger partial charge < -0.3 is 19.9 Å². The van der Waals surface area contributed by atoms with Crippen molar-refractivity contribution in [2.75, 3.05) is 24.3 Å². The summed E-state index contributed by atoms with van der Waals surface area (Å²) in [6.45, 7) is 4.78. The molecule has 0 fully saturated rings. The van der Waals surface area contributed by atoms with Crippen molar-refractivity contribution in [2.24, 2.45) is 0 Å². The highest BCUT2D eigenvalue weighted by Gasteiger charge is 2.14. The Labute approximate surface area is 111 Å². The number of ether oxygens (including phenoxy) is 1. The van der Waals surface area contributed by atoms with Crippen molar-refractivity contribution in [1.82, 2.24) is 15.1 Å². The second-order valence-corrected chi connectivity index (χ2v) is 4.13. The standard InChI is InChI=1S/C12H17N5O2/c1-4-18-12-10(13)11(14-7-15-12)17(3)6-9-5-8(2)19-16-9/h5,7H,4,6,13H2,1-3H3. The summed E-state index contributed by atoms with van der Waals surface area (Å²) in [7, 11) is 1.87. The SMILES string of the molecule is CCOc1ncnc(N(C)Cc2cc(C)on2)c1N. The van der Waals surface area contributed by atoms with Crippen molar-refractivity contribution in [3.05, 3.63) is 23.8 Å². The molecule has 7 nitrogen and oxygen atoms in total. The average Bonchev–Trinajstić information content (AvgIpc) is 2.77. The molecule has 2 aromatic rings. The molecule has 0 aromatic carbocycles. The van der Waals surface area contributed by atoms with Crippen molar-refractivity contribution in [3.8, 4) is 5.88 Å². The number of nitrogens with zero attached hydrogens (tertiary/aromatic N) is 4. The van der Waals surface area contributed by atoms with E-state index in [1.54, 1.807) is 0 Å². The number of nitrogens with two attached hydrogens (primary N) is 1. The van der Waals surface area contributed by atoms with Gasteiger partial charge in [0.15, 0.2) is 5.82 Å². The van der Waals surface area contributed by atoms with Crippen LogP contribution in [0.15, 0.2) is 16.9 Å². The highest BCUT2D eigenvalue weighted by Crippen LogP contribution is 2.27. The smallest absolute Gasteiger partial charge is 0.242 e. The van der Waals surface area contributed by atoms with Gasteiger partial charge in [-0.3, -0.25) is 0 Å². The zero-order valence-corrected chi connectivity index (χ0v) is 11.3. The van der Waals surface area contributed by atoms with Gasteiger partial charge in [-0.15, -0.1) is 0 Å². The zero-order chi connectivity index (χ0) is 13.8. The largest absolute Gasteiger partial charge is 0.476 e. The molecule has 2 aromatic heterocycles. The minimum absolute atomic E-state index is 0.399. The van der Waals surface area contributed by atoms with Gasteiger partial charge in [-0.1, -0.05) is 5.16 Å². The molecule has 0 amide bonds. The van der Waals surface area contributed by atoms with E-state index in [0.717, 1.165) is 11.5 Å². The van der Waals surface area contributed by atoms with Crippen LogP contribution < -0.4 is 15.4 Å². The van der Waals surface area contributed by atoms with Gasteiger partial charge in [0.05, 0.1) is 13.2 Å². The lowest BCUT2D eigenvalue weighted by atomic mass is 10.3. The first-order valence-corrected chi connectivity index (χ1v) is 5.98. The average molecular weight is 263 g/mol. The van der Waals surface area contributed by atoms with Crippen LogP contribution in [-0.4, -0.2) is 28.8 Å². The monoisotopic (exact) mass is 263 g/mol. The van der Waals surface area contributed by atoms with E-state index < -0.39 is 0 Å². The van der Waals surface area contributed by atoms with Crippen molar-refractivity contribution < 1.29 is 9.26 Å². The van der Waals surface area contributed by atoms with Gasteiger partial charge in [-0.05, 0) is 13.8 Å². The summed E-state index contributed by atoms with van der Waals surface area (Å²) in [5.74, 6) is 1.78. The number of anilines is 2. The summed E-state index contributed by atoms with van der Waals surface area (Å²) >= 11 is 0. The normalized spacial score (nSPS) is 10.5. The van der Waals surface area contributed by atoms with Crippen LogP contribution in [0.2, 0.25) is 0 Å². The van der Waals surface area contributed by atoms with Crippen LogP contribution in [0.4, 0.5) is 11.5 Å². The zero-order valence-electron chi connectivity index (χ0n) is 11.3. The molecule has 0 aliphatic carbocycles. The number of rotatable bonds is 5. The molecule has 0 saturated heterocycles. The molecule has 0 bridgehead atoms. The van der Waals surface area contributed by atoms with Gasteiger partial charge in [-0.25, -0.2) is 4.98 Å². The Morgan fingerprint density at radius 1 is 1.42 bits per heavy atom. The van der Waals surface area contributed by atoms with Crippen molar-refractivity contribution in [3.63, 3.8) is 0 Å². The molecule has 2 N–H and O–H groups in total. The van der Waals surface area contributed by atoms with E-state index >= 15 is 0 Å². The van der Waals surface area contributed by atoms with Crippen LogP contribution in [0, 0.1) is 6.92 Å². The van der Waals surface area contributed by atoms with E-state index in [-0.39, 0.29) is 0 Å². The summed E-state index contributed by atoms with van der Waals surface area (Å²) in [5, 5.41) is 3.94. The predicted molar refractivity (Wildman–Crippen MR) is 71.0 cm³/mol. The summed E-state index contributed by atoms with van der Waals surface area (Å²) in [4.78, 5) is 10.1. The molecular formula is C12H17N5O2. The topological polar surface area (TPSA) is 90.3 Å². The lowest BCUT2D eigenvalue weighted by Crippen LogP contribution is -2.20. The third-order valence-corrected chi connectivity index (χ3v) is 2.54. The van der Waals surface area contributed by atoms with E-state index in [0.29, 0.717) is 30.5 Å². The highest BCUT2D eigenvalue weighted by atomic mass is 16.5. The fraction of sp³-hybridized carbons (Fsp3) is 0.417. The second-order valence-electron chi connectivity index (χ2n) is 4.13. The molecule has 19 heavy (non-hydrogen) atoms. The Kier molecular flexibility index (Phi) is 3.84. The van der Waals surface area contributed by atoms with Gasteiger partial charge >= 0.3 is 0 Å². The van der Waals surface area contributed by atoms with E-state index in [1.165, 1.54) is 6.33 Å². The molecule has 0 atom stereocenters. The van der Waals surface area contributed by atoms with Crippen molar-refractivity contribution in [2.45, 2.75) is 20.4 Å². The third-order valence-electron chi connectivity index (χ3n) is 2.54. The second kappa shape index (κ2) is 5.55. The number of hydrogen-bond donors (Lipinski definition) is 1. The first-order valence-electron chi connectivity index (χ1n) is 5.98. The Hall–Kier alpha value is -2.31. The van der Waals surface area contributed by atoms with Gasteiger partial charge in [0.25, 0.3) is 0 Å². The van der Waals surface area contributed by atoms with Crippen molar-refractivity contribution >= 4 is 11.5 Å². The van der Waals surface area contributed by atoms with Crippen LogP contribution in [0.5, 0.6) is 5.88 Å². The summed E-state index contributed by atoms with van der Waals surface area (Å²) in [6.07, 6.45) is 1.43. The van der Waals surface area contributed by atoms with Crippen LogP contribution in [-0.2, 0) is 6.54 Å². The molecule has 0 radical (unpaired) electrons. The first-order chi connectivity index (χ1) is 9.11. The molecule has 7 heteroatoms. The first kappa shape index (κ1) is 13.1. The summed E-state index contributed by atoms with van der Waals surface area (Å²) < 4.78 is 10.4. The maximum atomic E-state index is 5.99. The Bertz CT molecular complexity index is 555. The molecule has 0 aliphatic heterocycles. The number of aromatic nitrogens is 3. The quantitative estimate of drug-likeness (QED) is 0.871. The van der Waals surface area contributed by atoms with Crippen LogP contribution >= 0.6 is 0 Å². The maximum Gasteiger partial charge on any atom is 0.242 e. The number of hydrogen-bond acceptors (Lipinski definition) is 7. The Morgan fingerprint density at radius 2 is 2.21 bits per heavy atom. The van der Waals surface area contributed by atoms with Gasteiger partial charge in [0, 0.05) is 13.1 Å². The van der Waals surface area contributed by atoms with Gasteiger partial charge in [0.2, 0.25) is 5.88 Å². The molecule has 2 rings (SSSR count). The van der Waals surface area contributed by atoms with E-state index in [1.807, 2.05) is 31.9 Å². The van der Waals surface area contributed by atoms with E-state index in [9.17, 15) is 0 Å². The lowest BCUT2D eigenvalue weighted by molar-refractivity contribution is 0.328. The molecule has 102 valence electrons. The number of aryl methyl sites for hydroxylation is 1. The fourth-order valence-electron chi connectivity index (χ4n) is 1.74. The molecule has 0 aliphatic rings. The number of nitrogen functional groups attached to an aromatic ring is 1. The minimum Gasteiger partial charge on any atom is -0.476 e. The summed E-state index contributed by atoms with van der Waals surface area (Å²) in [6, 6.07) is 1.87. The van der Waals surface area contributed by atoms with Gasteiger partial charge in [0.1, 0.15) is 23.5 Å². The maximum absolute atomic E-state index is 5.99. The molecular weight excluding hydrogens is 246 g/mol. The Morgan fingerprint density at radius 3 is 2.84 bits per heavy atom. The Balaban J connectivity index is 2.18. The molecule has 2 heterocycles. The third kappa shape index (κ3) is 2.93. The highest BCUT2D eigenvalue weighted by molar-refractivity contribution is 5.67. The lowest BCUT2D eigenvalue weighted by Gasteiger charge is -2.19. The predicted octanol–water partition coefficient (Wildman–Crippen LogP) is 1.39. The fourth-order valence-corrected chi connectivity index (χ4v) is 1.74. The van der Waals surface area contributed by atoms with Crippen LogP contribution in [0.25, 0.3) is 0 Å². The molecule has 0 saturated carbocycles. The van der Waals surface area contributed by atoms with Crippen LogP contribution in [0.1, 0.15) is 18.4 Å². The molecule has 0 unspecified atom stereocenters. The molecule has 0 spiro atoms. The summed E-state index contributed by atoms with van der Waals surface area (Å²) in [5.41, 5.74) is 7.23. The van der Waals surface area contributed by atoms with E-state index in [2.05, 4.69) is 15.1 Å². The van der Waals surface area contributed by atoms with Crippen molar-refractivity contribution in [1.29, 1.82) is 0 Å². The van der Waals surface area contributed by atoms with Gasteiger partial charge in [-0.2, -0.15) is 4.98 Å².